The number of amides is 1. The molecule has 0 fully saturated rings. The second-order valence-electron chi connectivity index (χ2n) is 5.77. The summed E-state index contributed by atoms with van der Waals surface area (Å²) < 4.78 is 23.4. The molecule has 1 unspecified atom stereocenters. The van der Waals surface area contributed by atoms with E-state index in [-0.39, 0.29) is 11.9 Å². The first-order valence-electron chi connectivity index (χ1n) is 6.78. The molecule has 0 aliphatic carbocycles. The van der Waals surface area contributed by atoms with Gasteiger partial charge in [0.05, 0.1) is 12.8 Å². The van der Waals surface area contributed by atoms with E-state index in [9.17, 15) is 9.18 Å². The molecule has 21 heavy (non-hydrogen) atoms. The first-order chi connectivity index (χ1) is 9.71. The Hall–Kier alpha value is -1.98. The van der Waals surface area contributed by atoms with Gasteiger partial charge in [-0.05, 0) is 39.8 Å². The van der Waals surface area contributed by atoms with Crippen molar-refractivity contribution < 1.29 is 18.7 Å². The van der Waals surface area contributed by atoms with Gasteiger partial charge in [-0.2, -0.15) is 0 Å². The Balaban J connectivity index is 2.51. The first kappa shape index (κ1) is 17.1. The van der Waals surface area contributed by atoms with E-state index in [0.717, 1.165) is 0 Å². The Morgan fingerprint density at radius 3 is 2.62 bits per heavy atom. The summed E-state index contributed by atoms with van der Waals surface area (Å²) in [5, 5.41) is 5.81. The Morgan fingerprint density at radius 1 is 1.38 bits per heavy atom. The number of nitrogens with one attached hydrogen (secondary N) is 2. The summed E-state index contributed by atoms with van der Waals surface area (Å²) in [6, 6.07) is 4.17. The van der Waals surface area contributed by atoms with Crippen molar-refractivity contribution in [2.45, 2.75) is 39.3 Å². The van der Waals surface area contributed by atoms with Crippen LogP contribution in [0.15, 0.2) is 18.2 Å². The van der Waals surface area contributed by atoms with Gasteiger partial charge in [0.2, 0.25) is 0 Å². The van der Waals surface area contributed by atoms with Gasteiger partial charge in [0, 0.05) is 18.7 Å². The number of alkyl carbamates (subject to hydrolysis) is 1. The minimum atomic E-state index is -0.527. The van der Waals surface area contributed by atoms with Crippen molar-refractivity contribution in [1.29, 1.82) is 0 Å². The standard InChI is InChI=1S/C15H23FN2O3/c1-10(9-17-14(19)21-15(2,3)4)18-12-7-6-11(16)8-13(12)20-5/h6-8,10,18H,9H2,1-5H3,(H,17,19). The second kappa shape index (κ2) is 7.15. The predicted octanol–water partition coefficient (Wildman–Crippen LogP) is 3.16. The van der Waals surface area contributed by atoms with E-state index in [1.807, 2.05) is 6.92 Å². The van der Waals surface area contributed by atoms with Crippen molar-refractivity contribution in [1.82, 2.24) is 5.32 Å². The van der Waals surface area contributed by atoms with Gasteiger partial charge in [0.1, 0.15) is 17.2 Å². The molecule has 1 rings (SSSR count). The zero-order valence-electron chi connectivity index (χ0n) is 13.1. The molecule has 1 aromatic carbocycles. The van der Waals surface area contributed by atoms with Crippen LogP contribution < -0.4 is 15.4 Å². The van der Waals surface area contributed by atoms with Crippen LogP contribution in [-0.4, -0.2) is 31.4 Å². The van der Waals surface area contributed by atoms with E-state index >= 15 is 0 Å². The molecule has 0 saturated carbocycles. The highest BCUT2D eigenvalue weighted by atomic mass is 19.1. The number of carbonyl (C=O) groups excluding carboxylic acids is 1. The molecule has 6 heteroatoms. The van der Waals surface area contributed by atoms with Gasteiger partial charge in [-0.15, -0.1) is 0 Å². The topological polar surface area (TPSA) is 59.6 Å². The number of rotatable bonds is 5. The highest BCUT2D eigenvalue weighted by molar-refractivity contribution is 5.67. The van der Waals surface area contributed by atoms with Crippen LogP contribution in [-0.2, 0) is 4.74 Å². The fourth-order valence-electron chi connectivity index (χ4n) is 1.65. The minimum absolute atomic E-state index is 0.0723. The summed E-state index contributed by atoms with van der Waals surface area (Å²) in [4.78, 5) is 11.5. The quantitative estimate of drug-likeness (QED) is 0.876. The summed E-state index contributed by atoms with van der Waals surface area (Å²) in [6.07, 6.45) is -0.470. The van der Waals surface area contributed by atoms with Gasteiger partial charge in [0.25, 0.3) is 0 Å². The highest BCUT2D eigenvalue weighted by Gasteiger charge is 2.16. The summed E-state index contributed by atoms with van der Waals surface area (Å²) >= 11 is 0. The number of halogens is 1. The highest BCUT2D eigenvalue weighted by Crippen LogP contribution is 2.25. The van der Waals surface area contributed by atoms with Gasteiger partial charge in [-0.1, -0.05) is 0 Å². The van der Waals surface area contributed by atoms with Crippen molar-refractivity contribution in [3.8, 4) is 5.75 Å². The lowest BCUT2D eigenvalue weighted by atomic mass is 10.2. The number of carbonyl (C=O) groups is 1. The van der Waals surface area contributed by atoms with Gasteiger partial charge in [0.15, 0.2) is 0 Å². The zero-order valence-corrected chi connectivity index (χ0v) is 13.1. The van der Waals surface area contributed by atoms with E-state index in [1.54, 1.807) is 26.8 Å². The molecule has 0 aromatic heterocycles. The van der Waals surface area contributed by atoms with Gasteiger partial charge >= 0.3 is 6.09 Å². The average molecular weight is 298 g/mol. The maximum absolute atomic E-state index is 13.1. The van der Waals surface area contributed by atoms with Crippen LogP contribution in [0.4, 0.5) is 14.9 Å². The molecule has 118 valence electrons. The molecule has 0 bridgehead atoms. The Bertz CT molecular complexity index is 486. The molecule has 0 aliphatic rings. The maximum atomic E-state index is 13.1. The SMILES string of the molecule is COc1cc(F)ccc1NC(C)CNC(=O)OC(C)(C)C. The molecule has 2 N–H and O–H groups in total. The van der Waals surface area contributed by atoms with E-state index < -0.39 is 11.7 Å². The van der Waals surface area contributed by atoms with Crippen LogP contribution in [0, 0.1) is 5.82 Å². The molecule has 0 saturated heterocycles. The lowest BCUT2D eigenvalue weighted by Gasteiger charge is -2.22. The Kier molecular flexibility index (Phi) is 5.81. The van der Waals surface area contributed by atoms with Crippen LogP contribution in [0.25, 0.3) is 0 Å². The van der Waals surface area contributed by atoms with Gasteiger partial charge < -0.3 is 20.1 Å². The summed E-state index contributed by atoms with van der Waals surface area (Å²) in [5.74, 6) is 0.0519. The Morgan fingerprint density at radius 2 is 2.05 bits per heavy atom. The fraction of sp³-hybridized carbons (Fsp3) is 0.533. The fourth-order valence-corrected chi connectivity index (χ4v) is 1.65. The van der Waals surface area contributed by atoms with Gasteiger partial charge in [-0.25, -0.2) is 9.18 Å². The van der Waals surface area contributed by atoms with Crippen LogP contribution >= 0.6 is 0 Å². The first-order valence-corrected chi connectivity index (χ1v) is 6.78. The molecule has 0 aliphatic heterocycles. The van der Waals surface area contributed by atoms with E-state index in [2.05, 4.69) is 10.6 Å². The minimum Gasteiger partial charge on any atom is -0.494 e. The van der Waals surface area contributed by atoms with Crippen LogP contribution in [0.5, 0.6) is 5.75 Å². The van der Waals surface area contributed by atoms with Crippen molar-refractivity contribution in [3.63, 3.8) is 0 Å². The number of anilines is 1. The lowest BCUT2D eigenvalue weighted by molar-refractivity contribution is 0.0526. The van der Waals surface area contributed by atoms with Gasteiger partial charge in [-0.3, -0.25) is 0 Å². The van der Waals surface area contributed by atoms with E-state index in [1.165, 1.54) is 19.2 Å². The number of hydrogen-bond acceptors (Lipinski definition) is 4. The third kappa shape index (κ3) is 6.33. The third-order valence-corrected chi connectivity index (χ3v) is 2.52. The molecule has 1 amide bonds. The molecule has 0 radical (unpaired) electrons. The predicted molar refractivity (Wildman–Crippen MR) is 80.3 cm³/mol. The van der Waals surface area contributed by atoms with Crippen molar-refractivity contribution in [2.75, 3.05) is 19.0 Å². The van der Waals surface area contributed by atoms with E-state index in [0.29, 0.717) is 18.0 Å². The number of ether oxygens (including phenoxy) is 2. The molecule has 0 spiro atoms. The summed E-state index contributed by atoms with van der Waals surface area (Å²) in [6.45, 7) is 7.67. The molecule has 5 nitrogen and oxygen atoms in total. The molecular weight excluding hydrogens is 275 g/mol. The normalized spacial score (nSPS) is 12.5. The molecule has 0 heterocycles. The van der Waals surface area contributed by atoms with Crippen molar-refractivity contribution in [2.24, 2.45) is 0 Å². The zero-order chi connectivity index (χ0) is 16.0. The van der Waals surface area contributed by atoms with Crippen molar-refractivity contribution in [3.05, 3.63) is 24.0 Å². The van der Waals surface area contributed by atoms with Crippen LogP contribution in [0.3, 0.4) is 0 Å². The second-order valence-corrected chi connectivity index (χ2v) is 5.77. The van der Waals surface area contributed by atoms with Crippen LogP contribution in [0.1, 0.15) is 27.7 Å². The number of hydrogen-bond donors (Lipinski definition) is 2. The van der Waals surface area contributed by atoms with Crippen molar-refractivity contribution >= 4 is 11.8 Å². The largest absolute Gasteiger partial charge is 0.494 e. The summed E-state index contributed by atoms with van der Waals surface area (Å²) in [7, 11) is 1.48. The average Bonchev–Trinajstić information content (AvgIpc) is 2.36. The monoisotopic (exact) mass is 298 g/mol. The smallest absolute Gasteiger partial charge is 0.407 e. The summed E-state index contributed by atoms with van der Waals surface area (Å²) in [5.41, 5.74) is 0.137. The molecule has 1 atom stereocenters. The molecule has 1 aromatic rings. The van der Waals surface area contributed by atoms with Crippen LogP contribution in [0.2, 0.25) is 0 Å². The third-order valence-electron chi connectivity index (χ3n) is 2.52. The lowest BCUT2D eigenvalue weighted by Crippen LogP contribution is -2.38. The maximum Gasteiger partial charge on any atom is 0.407 e. The Labute approximate surface area is 124 Å². The number of benzene rings is 1. The number of methoxy groups -OCH3 is 1. The molecular formula is C15H23FN2O3. The van der Waals surface area contributed by atoms with E-state index in [4.69, 9.17) is 9.47 Å².